The summed E-state index contributed by atoms with van der Waals surface area (Å²) in [6, 6.07) is 1.40. The molecule has 0 saturated carbocycles. The molecule has 2 rings (SSSR count). The van der Waals surface area contributed by atoms with Crippen LogP contribution in [-0.4, -0.2) is 20.2 Å². The second-order valence-electron chi connectivity index (χ2n) is 2.35. The molecule has 0 saturated heterocycles. The zero-order chi connectivity index (χ0) is 8.72. The molecule has 1 aromatic heterocycles. The Morgan fingerprint density at radius 1 is 1.42 bits per heavy atom. The molecule has 0 aliphatic carbocycles. The number of fused-ring (bicyclic) bond motifs is 1. The summed E-state index contributed by atoms with van der Waals surface area (Å²) in [5.41, 5.74) is 0.803. The normalized spacial score (nSPS) is 10.8. The fourth-order valence-electron chi connectivity index (χ4n) is 1.05. The largest absolute Gasteiger partial charge is 0.506 e. The zero-order valence-electron chi connectivity index (χ0n) is 5.87. The number of aromatic hydroxyl groups is 2. The zero-order valence-corrected chi connectivity index (χ0v) is 7.46. The smallest absolute Gasteiger partial charge is 0.155 e. The van der Waals surface area contributed by atoms with Crippen molar-refractivity contribution in [3.63, 3.8) is 0 Å². The third-order valence-electron chi connectivity index (χ3n) is 1.61. The monoisotopic (exact) mass is 228 g/mol. The van der Waals surface area contributed by atoms with E-state index in [9.17, 15) is 10.2 Å². The van der Waals surface area contributed by atoms with Crippen LogP contribution in [0.5, 0.6) is 11.5 Å². The summed E-state index contributed by atoms with van der Waals surface area (Å²) < 4.78 is 0.441. The highest BCUT2D eigenvalue weighted by Gasteiger charge is 2.10. The van der Waals surface area contributed by atoms with E-state index in [1.54, 1.807) is 0 Å². The fourth-order valence-corrected chi connectivity index (χ4v) is 1.46. The Balaban J connectivity index is 2.97. The Morgan fingerprint density at radius 3 is 2.92 bits per heavy atom. The maximum Gasteiger partial charge on any atom is 0.155 e. The Hall–Kier alpha value is -1.23. The van der Waals surface area contributed by atoms with Gasteiger partial charge in [0.05, 0.1) is 10.8 Å². The van der Waals surface area contributed by atoms with E-state index in [0.29, 0.717) is 15.5 Å². The Morgan fingerprint density at radius 2 is 2.17 bits per heavy atom. The van der Waals surface area contributed by atoms with E-state index in [2.05, 4.69) is 25.9 Å². The van der Waals surface area contributed by atoms with Crippen LogP contribution in [0.3, 0.4) is 0 Å². The van der Waals surface area contributed by atoms with Gasteiger partial charge in [-0.15, -0.1) is 0 Å². The summed E-state index contributed by atoms with van der Waals surface area (Å²) in [6.07, 6.45) is 1.41. The molecule has 0 radical (unpaired) electrons. The maximum atomic E-state index is 9.44. The average Bonchev–Trinajstić information content (AvgIpc) is 2.48. The van der Waals surface area contributed by atoms with E-state index in [-0.39, 0.29) is 11.5 Å². The van der Waals surface area contributed by atoms with E-state index in [1.807, 2.05) is 0 Å². The van der Waals surface area contributed by atoms with Crippen LogP contribution in [0.1, 0.15) is 0 Å². The van der Waals surface area contributed by atoms with Crippen molar-refractivity contribution in [2.75, 3.05) is 0 Å². The van der Waals surface area contributed by atoms with Crippen LogP contribution < -0.4 is 0 Å². The number of benzene rings is 1. The molecule has 0 bridgehead atoms. The molecule has 1 aromatic carbocycles. The number of nitrogens with zero attached hydrogens (tertiary/aromatic N) is 1. The van der Waals surface area contributed by atoms with Crippen molar-refractivity contribution in [1.82, 2.24) is 9.97 Å². The van der Waals surface area contributed by atoms with Gasteiger partial charge in [-0.05, 0) is 15.9 Å². The first-order chi connectivity index (χ1) is 5.70. The molecule has 62 valence electrons. The fraction of sp³-hybridized carbons (Fsp3) is 0. The topological polar surface area (TPSA) is 69.1 Å². The van der Waals surface area contributed by atoms with E-state index in [4.69, 9.17) is 0 Å². The third kappa shape index (κ3) is 0.863. The molecule has 0 fully saturated rings. The number of halogens is 1. The number of hydrogen-bond acceptors (Lipinski definition) is 3. The van der Waals surface area contributed by atoms with Crippen molar-refractivity contribution in [2.45, 2.75) is 0 Å². The molecule has 0 atom stereocenters. The first-order valence-corrected chi connectivity index (χ1v) is 4.03. The molecule has 0 aliphatic heterocycles. The SMILES string of the molecule is Oc1cc(Br)c(O)c2[nH]cnc12. The molecule has 2 aromatic rings. The van der Waals surface area contributed by atoms with Gasteiger partial charge in [-0.25, -0.2) is 4.98 Å². The molecule has 0 amide bonds. The number of aromatic nitrogens is 2. The van der Waals surface area contributed by atoms with Gasteiger partial charge in [0, 0.05) is 6.07 Å². The van der Waals surface area contributed by atoms with Crippen molar-refractivity contribution < 1.29 is 10.2 Å². The van der Waals surface area contributed by atoms with E-state index >= 15 is 0 Å². The molecule has 3 N–H and O–H groups in total. The molecule has 0 aliphatic rings. The van der Waals surface area contributed by atoms with Crippen molar-refractivity contribution in [2.24, 2.45) is 0 Å². The summed E-state index contributed by atoms with van der Waals surface area (Å²) in [5, 5.41) is 18.8. The quantitative estimate of drug-likeness (QED) is 0.602. The van der Waals surface area contributed by atoms with Gasteiger partial charge in [-0.2, -0.15) is 0 Å². The van der Waals surface area contributed by atoms with Crippen LogP contribution >= 0.6 is 15.9 Å². The number of nitrogens with one attached hydrogen (secondary N) is 1. The van der Waals surface area contributed by atoms with Crippen molar-refractivity contribution in [3.05, 3.63) is 16.9 Å². The average molecular weight is 229 g/mol. The molecular weight excluding hydrogens is 224 g/mol. The number of aromatic amines is 1. The van der Waals surface area contributed by atoms with Gasteiger partial charge in [-0.3, -0.25) is 0 Å². The molecular formula is C7H5BrN2O2. The standard InChI is InChI=1S/C7H5BrN2O2/c8-3-1-4(11)5-6(7(3)12)10-2-9-5/h1-2,11-12H,(H,9,10). The summed E-state index contributed by atoms with van der Waals surface area (Å²) in [4.78, 5) is 6.55. The predicted octanol–water partition coefficient (Wildman–Crippen LogP) is 1.74. The molecule has 1 heterocycles. The van der Waals surface area contributed by atoms with E-state index in [0.717, 1.165) is 0 Å². The van der Waals surface area contributed by atoms with Gasteiger partial charge in [0.25, 0.3) is 0 Å². The van der Waals surface area contributed by atoms with Crippen LogP contribution in [0.25, 0.3) is 11.0 Å². The van der Waals surface area contributed by atoms with Crippen molar-refractivity contribution in [1.29, 1.82) is 0 Å². The van der Waals surface area contributed by atoms with Crippen LogP contribution in [0, 0.1) is 0 Å². The molecule has 0 unspecified atom stereocenters. The van der Waals surface area contributed by atoms with E-state index < -0.39 is 0 Å². The minimum absolute atomic E-state index is 0.0379. The molecule has 12 heavy (non-hydrogen) atoms. The number of phenols is 2. The van der Waals surface area contributed by atoms with Gasteiger partial charge in [-0.1, -0.05) is 0 Å². The Bertz CT molecular complexity index is 438. The lowest BCUT2D eigenvalue weighted by Gasteiger charge is -1.99. The maximum absolute atomic E-state index is 9.44. The van der Waals surface area contributed by atoms with Crippen molar-refractivity contribution in [3.8, 4) is 11.5 Å². The predicted molar refractivity (Wildman–Crippen MR) is 47.1 cm³/mol. The second kappa shape index (κ2) is 2.38. The second-order valence-corrected chi connectivity index (χ2v) is 3.21. The number of hydrogen-bond donors (Lipinski definition) is 3. The third-order valence-corrected chi connectivity index (χ3v) is 2.21. The number of H-pyrrole nitrogens is 1. The number of rotatable bonds is 0. The highest BCUT2D eigenvalue weighted by atomic mass is 79.9. The van der Waals surface area contributed by atoms with E-state index in [1.165, 1.54) is 12.4 Å². The van der Waals surface area contributed by atoms with Crippen LogP contribution in [0.15, 0.2) is 16.9 Å². The lowest BCUT2D eigenvalue weighted by molar-refractivity contribution is 0.465. The van der Waals surface area contributed by atoms with Gasteiger partial charge < -0.3 is 15.2 Å². The highest BCUT2D eigenvalue weighted by Crippen LogP contribution is 2.35. The van der Waals surface area contributed by atoms with Crippen molar-refractivity contribution >= 4 is 27.0 Å². The molecule has 4 nitrogen and oxygen atoms in total. The summed E-state index contributed by atoms with van der Waals surface area (Å²) in [7, 11) is 0. The first-order valence-electron chi connectivity index (χ1n) is 3.23. The number of phenolic OH excluding ortho intramolecular Hbond substituents is 2. The van der Waals surface area contributed by atoms with Crippen LogP contribution in [-0.2, 0) is 0 Å². The first kappa shape index (κ1) is 7.42. The van der Waals surface area contributed by atoms with Gasteiger partial charge >= 0.3 is 0 Å². The minimum atomic E-state index is 0.0379. The van der Waals surface area contributed by atoms with Gasteiger partial charge in [0.1, 0.15) is 16.8 Å². The molecule has 0 spiro atoms. The van der Waals surface area contributed by atoms with Gasteiger partial charge in [0.2, 0.25) is 0 Å². The lowest BCUT2D eigenvalue weighted by Crippen LogP contribution is -1.75. The summed E-state index contributed by atoms with van der Waals surface area (Å²) >= 11 is 3.09. The minimum Gasteiger partial charge on any atom is -0.506 e. The molecule has 5 heteroatoms. The lowest BCUT2D eigenvalue weighted by atomic mass is 10.3. The Labute approximate surface area is 76.0 Å². The summed E-state index contributed by atoms with van der Waals surface area (Å²) in [5.74, 6) is 0.0937. The highest BCUT2D eigenvalue weighted by molar-refractivity contribution is 9.10. The Kier molecular flexibility index (Phi) is 1.47. The van der Waals surface area contributed by atoms with Gasteiger partial charge in [0.15, 0.2) is 5.75 Å². The summed E-state index contributed by atoms with van der Waals surface area (Å²) in [6.45, 7) is 0. The van der Waals surface area contributed by atoms with Crippen LogP contribution in [0.4, 0.5) is 0 Å². The van der Waals surface area contributed by atoms with Crippen LogP contribution in [0.2, 0.25) is 0 Å². The number of imidazole rings is 1.